The highest BCUT2D eigenvalue weighted by Gasteiger charge is 2.08. The van der Waals surface area contributed by atoms with Crippen molar-refractivity contribution in [3.8, 4) is 0 Å². The van der Waals surface area contributed by atoms with Crippen molar-refractivity contribution in [2.24, 2.45) is 0 Å². The van der Waals surface area contributed by atoms with Crippen molar-refractivity contribution in [3.05, 3.63) is 29.8 Å². The topological polar surface area (TPSA) is 29.3 Å². The van der Waals surface area contributed by atoms with Crippen LogP contribution in [-0.4, -0.2) is 18.0 Å². The molecule has 1 aromatic carbocycles. The zero-order valence-corrected chi connectivity index (χ0v) is 11.7. The zero-order valence-electron chi connectivity index (χ0n) is 10.1. The molecule has 0 unspecified atom stereocenters. The molecular formula is C13H22Cl2N2. The first kappa shape index (κ1) is 16.6. The van der Waals surface area contributed by atoms with Crippen molar-refractivity contribution >= 4 is 30.5 Å². The van der Waals surface area contributed by atoms with E-state index in [1.165, 1.54) is 44.3 Å². The van der Waals surface area contributed by atoms with Crippen molar-refractivity contribution in [2.45, 2.75) is 32.2 Å². The van der Waals surface area contributed by atoms with Gasteiger partial charge in [0.05, 0.1) is 0 Å². The molecule has 1 fully saturated rings. The molecule has 2 N–H and O–H groups in total. The summed E-state index contributed by atoms with van der Waals surface area (Å²) < 4.78 is 0. The summed E-state index contributed by atoms with van der Waals surface area (Å²) in [5, 5.41) is 0. The Labute approximate surface area is 116 Å². The number of anilines is 1. The van der Waals surface area contributed by atoms with E-state index in [1.54, 1.807) is 0 Å². The number of nitrogen functional groups attached to an aromatic ring is 1. The lowest BCUT2D eigenvalue weighted by molar-refractivity contribution is 0.277. The molecule has 0 atom stereocenters. The number of likely N-dealkylation sites (tertiary alicyclic amines) is 1. The van der Waals surface area contributed by atoms with Gasteiger partial charge in [0, 0.05) is 12.2 Å². The van der Waals surface area contributed by atoms with E-state index in [4.69, 9.17) is 5.73 Å². The Morgan fingerprint density at radius 2 is 1.65 bits per heavy atom. The fourth-order valence-corrected chi connectivity index (χ4v) is 2.24. The zero-order chi connectivity index (χ0) is 10.5. The van der Waals surface area contributed by atoms with E-state index < -0.39 is 0 Å². The van der Waals surface area contributed by atoms with Gasteiger partial charge in [0.2, 0.25) is 0 Å². The van der Waals surface area contributed by atoms with Crippen LogP contribution in [-0.2, 0) is 6.54 Å². The third-order valence-electron chi connectivity index (χ3n) is 3.06. The van der Waals surface area contributed by atoms with E-state index in [0.717, 1.165) is 12.2 Å². The minimum atomic E-state index is 0. The molecule has 2 nitrogen and oxygen atoms in total. The molecule has 0 radical (unpaired) electrons. The summed E-state index contributed by atoms with van der Waals surface area (Å²) in [5.74, 6) is 0. The third kappa shape index (κ3) is 5.62. The van der Waals surface area contributed by atoms with E-state index in [0.29, 0.717) is 0 Å². The molecule has 0 saturated carbocycles. The molecule has 2 rings (SSSR count). The summed E-state index contributed by atoms with van der Waals surface area (Å²) >= 11 is 0. The summed E-state index contributed by atoms with van der Waals surface area (Å²) in [5.41, 5.74) is 8.00. The van der Waals surface area contributed by atoms with Gasteiger partial charge in [-0.2, -0.15) is 0 Å². The van der Waals surface area contributed by atoms with E-state index in [9.17, 15) is 0 Å². The lowest BCUT2D eigenvalue weighted by atomic mass is 10.2. The van der Waals surface area contributed by atoms with Crippen LogP contribution >= 0.6 is 24.8 Å². The third-order valence-corrected chi connectivity index (χ3v) is 3.06. The SMILES string of the molecule is Cl.Cl.Nc1cccc(CN2CCCCCC2)c1. The molecule has 1 heterocycles. The molecule has 17 heavy (non-hydrogen) atoms. The predicted molar refractivity (Wildman–Crippen MR) is 79.1 cm³/mol. The lowest BCUT2D eigenvalue weighted by Gasteiger charge is -2.19. The number of nitrogens with two attached hydrogens (primary N) is 1. The highest BCUT2D eigenvalue weighted by atomic mass is 35.5. The Bertz CT molecular complexity index is 310. The summed E-state index contributed by atoms with van der Waals surface area (Å²) in [6.07, 6.45) is 5.49. The van der Waals surface area contributed by atoms with Gasteiger partial charge < -0.3 is 5.73 Å². The van der Waals surface area contributed by atoms with Crippen LogP contribution in [0.2, 0.25) is 0 Å². The molecule has 0 spiro atoms. The summed E-state index contributed by atoms with van der Waals surface area (Å²) in [4.78, 5) is 2.54. The van der Waals surface area contributed by atoms with Crippen LogP contribution in [0, 0.1) is 0 Å². The smallest absolute Gasteiger partial charge is 0.0317 e. The highest BCUT2D eigenvalue weighted by molar-refractivity contribution is 5.85. The quantitative estimate of drug-likeness (QED) is 0.838. The molecule has 0 bridgehead atoms. The van der Waals surface area contributed by atoms with E-state index >= 15 is 0 Å². The van der Waals surface area contributed by atoms with Crippen LogP contribution in [0.25, 0.3) is 0 Å². The van der Waals surface area contributed by atoms with Crippen LogP contribution in [0.5, 0.6) is 0 Å². The van der Waals surface area contributed by atoms with Crippen molar-refractivity contribution in [3.63, 3.8) is 0 Å². The van der Waals surface area contributed by atoms with Crippen molar-refractivity contribution in [1.29, 1.82) is 0 Å². The van der Waals surface area contributed by atoms with Crippen LogP contribution in [0.1, 0.15) is 31.2 Å². The van der Waals surface area contributed by atoms with Gasteiger partial charge in [-0.3, -0.25) is 4.90 Å². The van der Waals surface area contributed by atoms with Gasteiger partial charge in [-0.05, 0) is 43.6 Å². The molecule has 1 aromatic rings. The molecule has 1 saturated heterocycles. The Balaban J connectivity index is 0.00000128. The number of hydrogen-bond donors (Lipinski definition) is 1. The first-order valence-electron chi connectivity index (χ1n) is 5.91. The molecule has 0 amide bonds. The maximum absolute atomic E-state index is 5.78. The summed E-state index contributed by atoms with van der Waals surface area (Å²) in [6.45, 7) is 3.55. The number of nitrogens with zero attached hydrogens (tertiary/aromatic N) is 1. The van der Waals surface area contributed by atoms with Gasteiger partial charge in [0.15, 0.2) is 0 Å². The second kappa shape index (κ2) is 8.62. The summed E-state index contributed by atoms with van der Waals surface area (Å²) in [6, 6.07) is 8.25. The molecular weight excluding hydrogens is 255 g/mol. The Hall–Kier alpha value is -0.440. The van der Waals surface area contributed by atoms with Gasteiger partial charge in [-0.1, -0.05) is 25.0 Å². The maximum Gasteiger partial charge on any atom is 0.0317 e. The average molecular weight is 277 g/mol. The number of rotatable bonds is 2. The minimum Gasteiger partial charge on any atom is -0.399 e. The van der Waals surface area contributed by atoms with Gasteiger partial charge >= 0.3 is 0 Å². The average Bonchev–Trinajstić information content (AvgIpc) is 2.46. The van der Waals surface area contributed by atoms with Gasteiger partial charge in [0.1, 0.15) is 0 Å². The van der Waals surface area contributed by atoms with Crippen LogP contribution in [0.15, 0.2) is 24.3 Å². The molecule has 1 aliphatic heterocycles. The molecule has 1 aliphatic rings. The fraction of sp³-hybridized carbons (Fsp3) is 0.538. The van der Waals surface area contributed by atoms with Gasteiger partial charge in [-0.25, -0.2) is 0 Å². The Morgan fingerprint density at radius 3 is 2.24 bits per heavy atom. The molecule has 4 heteroatoms. The predicted octanol–water partition coefficient (Wildman–Crippen LogP) is 3.49. The van der Waals surface area contributed by atoms with Crippen LogP contribution in [0.4, 0.5) is 5.69 Å². The standard InChI is InChI=1S/C13H20N2.2ClH/c14-13-7-5-6-12(10-13)11-15-8-3-1-2-4-9-15;;/h5-7,10H,1-4,8-9,11,14H2;2*1H. The van der Waals surface area contributed by atoms with Gasteiger partial charge in [-0.15, -0.1) is 24.8 Å². The monoisotopic (exact) mass is 276 g/mol. The second-order valence-electron chi connectivity index (χ2n) is 4.44. The van der Waals surface area contributed by atoms with Crippen molar-refractivity contribution < 1.29 is 0 Å². The lowest BCUT2D eigenvalue weighted by Crippen LogP contribution is -2.23. The number of hydrogen-bond acceptors (Lipinski definition) is 2. The maximum atomic E-state index is 5.78. The molecule has 98 valence electrons. The first-order valence-corrected chi connectivity index (χ1v) is 5.91. The fourth-order valence-electron chi connectivity index (χ4n) is 2.24. The first-order chi connectivity index (χ1) is 7.34. The van der Waals surface area contributed by atoms with E-state index in [2.05, 4.69) is 17.0 Å². The molecule has 0 aromatic heterocycles. The van der Waals surface area contributed by atoms with Crippen LogP contribution in [0.3, 0.4) is 0 Å². The Morgan fingerprint density at radius 1 is 1.00 bits per heavy atom. The summed E-state index contributed by atoms with van der Waals surface area (Å²) in [7, 11) is 0. The second-order valence-corrected chi connectivity index (χ2v) is 4.44. The van der Waals surface area contributed by atoms with E-state index in [1.807, 2.05) is 12.1 Å². The van der Waals surface area contributed by atoms with Crippen LogP contribution < -0.4 is 5.73 Å². The highest BCUT2D eigenvalue weighted by Crippen LogP contribution is 2.14. The minimum absolute atomic E-state index is 0. The number of halogens is 2. The normalized spacial score (nSPS) is 16.5. The largest absolute Gasteiger partial charge is 0.399 e. The molecule has 0 aliphatic carbocycles. The Kier molecular flexibility index (Phi) is 8.40. The van der Waals surface area contributed by atoms with Gasteiger partial charge in [0.25, 0.3) is 0 Å². The van der Waals surface area contributed by atoms with Crippen molar-refractivity contribution in [2.75, 3.05) is 18.8 Å². The number of benzene rings is 1. The van der Waals surface area contributed by atoms with Crippen molar-refractivity contribution in [1.82, 2.24) is 4.90 Å². The van der Waals surface area contributed by atoms with E-state index in [-0.39, 0.29) is 24.8 Å².